The van der Waals surface area contributed by atoms with Gasteiger partial charge in [-0.3, -0.25) is 4.79 Å². The number of carbonyl (C=O) groups excluding carboxylic acids is 1. The predicted molar refractivity (Wildman–Crippen MR) is 107 cm³/mol. The lowest BCUT2D eigenvalue weighted by Crippen LogP contribution is -2.45. The van der Waals surface area contributed by atoms with Crippen molar-refractivity contribution in [3.63, 3.8) is 0 Å². The van der Waals surface area contributed by atoms with E-state index >= 15 is 0 Å². The maximum atomic E-state index is 12.7. The van der Waals surface area contributed by atoms with Gasteiger partial charge in [-0.25, -0.2) is 0 Å². The Morgan fingerprint density at radius 2 is 1.93 bits per heavy atom. The van der Waals surface area contributed by atoms with Gasteiger partial charge in [0.2, 0.25) is 5.91 Å². The maximum absolute atomic E-state index is 12.7. The molecule has 0 radical (unpaired) electrons. The van der Waals surface area contributed by atoms with Crippen LogP contribution >= 0.6 is 0 Å². The Balaban J connectivity index is 1.45. The third-order valence-electron chi connectivity index (χ3n) is 5.29. The molecule has 28 heavy (non-hydrogen) atoms. The minimum Gasteiger partial charge on any atom is -0.355 e. The number of fused-ring (bicyclic) bond motifs is 1. The number of nitrogens with one attached hydrogen (secondary N) is 1. The molecule has 0 saturated carbocycles. The Bertz CT molecular complexity index is 1030. The third kappa shape index (κ3) is 3.67. The summed E-state index contributed by atoms with van der Waals surface area (Å²) in [5, 5.41) is 3.01. The van der Waals surface area contributed by atoms with Crippen molar-refractivity contribution in [2.75, 3.05) is 13.1 Å². The molecule has 2 heterocycles. The molecule has 1 unspecified atom stereocenters. The van der Waals surface area contributed by atoms with Crippen molar-refractivity contribution in [2.45, 2.75) is 31.2 Å². The fraction of sp³-hybridized carbons (Fsp3) is 0.333. The van der Waals surface area contributed by atoms with E-state index in [1.54, 1.807) is 18.2 Å². The van der Waals surface area contributed by atoms with E-state index in [-0.39, 0.29) is 16.7 Å². The smallest absolute Gasteiger partial charge is 0.285 e. The Labute approximate surface area is 165 Å². The summed E-state index contributed by atoms with van der Waals surface area (Å²) in [4.78, 5) is 14.9. The first-order valence-corrected chi connectivity index (χ1v) is 10.9. The lowest BCUT2D eigenvalue weighted by atomic mass is 9.96. The number of hydrogen-bond acceptors (Lipinski definition) is 4. The lowest BCUT2D eigenvalue weighted by molar-refractivity contribution is -0.126. The quantitative estimate of drug-likeness (QED) is 0.863. The van der Waals surface area contributed by atoms with Gasteiger partial charge in [0.15, 0.2) is 5.84 Å². The van der Waals surface area contributed by atoms with Crippen LogP contribution in [-0.2, 0) is 21.4 Å². The highest BCUT2D eigenvalue weighted by Gasteiger charge is 2.35. The first kappa shape index (κ1) is 18.7. The van der Waals surface area contributed by atoms with Crippen LogP contribution in [0.1, 0.15) is 29.5 Å². The van der Waals surface area contributed by atoms with E-state index in [9.17, 15) is 13.2 Å². The van der Waals surface area contributed by atoms with Crippen LogP contribution in [0.4, 0.5) is 0 Å². The summed E-state index contributed by atoms with van der Waals surface area (Å²) in [6.45, 7) is 3.70. The molecule has 1 fully saturated rings. The third-order valence-corrected chi connectivity index (χ3v) is 6.62. The van der Waals surface area contributed by atoms with Crippen LogP contribution in [0.15, 0.2) is 57.8 Å². The summed E-state index contributed by atoms with van der Waals surface area (Å²) < 4.78 is 28.6. The zero-order valence-electron chi connectivity index (χ0n) is 15.8. The zero-order valence-corrected chi connectivity index (χ0v) is 16.6. The molecule has 1 saturated heterocycles. The normalized spacial score (nSPS) is 20.4. The van der Waals surface area contributed by atoms with Gasteiger partial charge in [-0.15, -0.1) is 4.40 Å². The Kier molecular flexibility index (Phi) is 4.93. The number of sulfonamides is 1. The molecule has 0 spiro atoms. The summed E-state index contributed by atoms with van der Waals surface area (Å²) in [5.41, 5.74) is 2.88. The number of benzene rings is 2. The number of likely N-dealkylation sites (tertiary alicyclic amines) is 1. The fourth-order valence-corrected chi connectivity index (χ4v) is 4.97. The molecule has 1 N–H and O–H groups in total. The van der Waals surface area contributed by atoms with Crippen molar-refractivity contribution in [1.29, 1.82) is 0 Å². The Morgan fingerprint density at radius 3 is 2.71 bits per heavy atom. The predicted octanol–water partition coefficient (Wildman–Crippen LogP) is 2.47. The molecule has 1 atom stereocenters. The van der Waals surface area contributed by atoms with E-state index in [0.29, 0.717) is 31.0 Å². The van der Waals surface area contributed by atoms with Gasteiger partial charge in [-0.1, -0.05) is 42.0 Å². The van der Waals surface area contributed by atoms with Crippen molar-refractivity contribution >= 4 is 21.8 Å². The molecule has 7 heteroatoms. The Hall–Kier alpha value is -2.67. The van der Waals surface area contributed by atoms with E-state index in [0.717, 1.165) is 18.4 Å². The highest BCUT2D eigenvalue weighted by molar-refractivity contribution is 7.90. The van der Waals surface area contributed by atoms with Crippen LogP contribution in [0, 0.1) is 12.8 Å². The summed E-state index contributed by atoms with van der Waals surface area (Å²) in [6.07, 6.45) is 1.61. The highest BCUT2D eigenvalue weighted by Crippen LogP contribution is 2.29. The van der Waals surface area contributed by atoms with E-state index in [1.807, 2.05) is 42.2 Å². The average Bonchev–Trinajstić information content (AvgIpc) is 2.99. The summed E-state index contributed by atoms with van der Waals surface area (Å²) in [6, 6.07) is 14.9. The van der Waals surface area contributed by atoms with E-state index in [1.165, 1.54) is 5.56 Å². The van der Waals surface area contributed by atoms with Gasteiger partial charge in [0, 0.05) is 25.2 Å². The van der Waals surface area contributed by atoms with Crippen LogP contribution in [0.2, 0.25) is 0 Å². The number of amides is 1. The molecular formula is C21H23N3O3S. The molecule has 2 aromatic carbocycles. The van der Waals surface area contributed by atoms with Crippen LogP contribution in [0.5, 0.6) is 0 Å². The van der Waals surface area contributed by atoms with Crippen LogP contribution < -0.4 is 5.32 Å². The number of nitrogens with zero attached hydrogens (tertiary/aromatic N) is 2. The molecule has 4 rings (SSSR count). The van der Waals surface area contributed by atoms with E-state index < -0.39 is 10.0 Å². The van der Waals surface area contributed by atoms with Gasteiger partial charge in [0.05, 0.1) is 5.92 Å². The lowest BCUT2D eigenvalue weighted by Gasteiger charge is -2.33. The second-order valence-electron chi connectivity index (χ2n) is 7.37. The molecule has 2 aliphatic rings. The van der Waals surface area contributed by atoms with E-state index in [4.69, 9.17) is 0 Å². The van der Waals surface area contributed by atoms with Crippen molar-refractivity contribution in [1.82, 2.24) is 10.2 Å². The minimum atomic E-state index is -3.65. The molecule has 0 aliphatic carbocycles. The van der Waals surface area contributed by atoms with Gasteiger partial charge < -0.3 is 10.2 Å². The number of amidine groups is 1. The van der Waals surface area contributed by atoms with Gasteiger partial charge in [-0.2, -0.15) is 8.42 Å². The number of hydrogen-bond donors (Lipinski definition) is 1. The van der Waals surface area contributed by atoms with Crippen LogP contribution in [-0.4, -0.2) is 38.2 Å². The van der Waals surface area contributed by atoms with Gasteiger partial charge in [-0.05, 0) is 37.5 Å². The van der Waals surface area contributed by atoms with Crippen molar-refractivity contribution in [3.05, 3.63) is 65.2 Å². The number of piperidine rings is 1. The molecule has 2 aromatic rings. The molecular weight excluding hydrogens is 374 g/mol. The summed E-state index contributed by atoms with van der Waals surface area (Å²) in [5.74, 6) is 0.281. The SMILES string of the molecule is Cc1ccc(CNC(=O)C2CCCN(C3=NS(=O)(=O)c4ccccc43)C2)cc1. The molecule has 146 valence electrons. The summed E-state index contributed by atoms with van der Waals surface area (Å²) >= 11 is 0. The number of carbonyl (C=O) groups is 1. The average molecular weight is 398 g/mol. The molecule has 0 bridgehead atoms. The number of rotatable bonds is 3. The number of aryl methyl sites for hydroxylation is 1. The van der Waals surface area contributed by atoms with Gasteiger partial charge in [0.25, 0.3) is 10.0 Å². The van der Waals surface area contributed by atoms with Crippen LogP contribution in [0.3, 0.4) is 0 Å². The minimum absolute atomic E-state index is 0.0000132. The second-order valence-corrected chi connectivity index (χ2v) is 8.95. The molecule has 2 aliphatic heterocycles. The van der Waals surface area contributed by atoms with Gasteiger partial charge in [0.1, 0.15) is 4.90 Å². The maximum Gasteiger partial charge on any atom is 0.285 e. The first-order valence-electron chi connectivity index (χ1n) is 9.46. The fourth-order valence-electron chi connectivity index (χ4n) is 3.74. The first-order chi connectivity index (χ1) is 13.4. The van der Waals surface area contributed by atoms with Crippen molar-refractivity contribution in [2.24, 2.45) is 10.3 Å². The van der Waals surface area contributed by atoms with Crippen molar-refractivity contribution in [3.8, 4) is 0 Å². The van der Waals surface area contributed by atoms with E-state index in [2.05, 4.69) is 9.71 Å². The van der Waals surface area contributed by atoms with Gasteiger partial charge >= 0.3 is 0 Å². The highest BCUT2D eigenvalue weighted by atomic mass is 32.2. The molecule has 6 nitrogen and oxygen atoms in total. The summed E-state index contributed by atoms with van der Waals surface area (Å²) in [7, 11) is -3.65. The second kappa shape index (κ2) is 7.39. The van der Waals surface area contributed by atoms with Crippen LogP contribution in [0.25, 0.3) is 0 Å². The monoisotopic (exact) mass is 397 g/mol. The zero-order chi connectivity index (χ0) is 19.7. The molecule has 1 amide bonds. The van der Waals surface area contributed by atoms with Crippen molar-refractivity contribution < 1.29 is 13.2 Å². The Morgan fingerprint density at radius 1 is 1.18 bits per heavy atom. The molecule has 0 aromatic heterocycles. The largest absolute Gasteiger partial charge is 0.355 e. The standard InChI is InChI=1S/C21H23N3O3S/c1-15-8-10-16(11-9-15)13-22-21(25)17-5-4-12-24(14-17)20-18-6-2-3-7-19(18)28(26,27)23-20/h2-3,6-11,17H,4-5,12-14H2,1H3,(H,22,25). The topological polar surface area (TPSA) is 78.8 Å².